The van der Waals surface area contributed by atoms with Crippen molar-refractivity contribution in [2.75, 3.05) is 14.1 Å². The second-order valence-electron chi connectivity index (χ2n) is 2.61. The van der Waals surface area contributed by atoms with Gasteiger partial charge in [-0.1, -0.05) is 13.5 Å². The maximum atomic E-state index is 11.0. The molecule has 1 atom stereocenters. The van der Waals surface area contributed by atoms with Gasteiger partial charge in [0.25, 0.3) is 0 Å². The maximum Gasteiger partial charge on any atom is 0.356 e. The lowest BCUT2D eigenvalue weighted by atomic mass is 10.4. The van der Waals surface area contributed by atoms with Gasteiger partial charge in [-0.3, -0.25) is 0 Å². The molecule has 0 saturated carbocycles. The van der Waals surface area contributed by atoms with Crippen molar-refractivity contribution < 1.29 is 14.6 Å². The number of aliphatic hydroxyl groups is 1. The minimum atomic E-state index is -1.03. The van der Waals surface area contributed by atoms with Crippen molar-refractivity contribution in [3.63, 3.8) is 0 Å². The third-order valence-electron chi connectivity index (χ3n) is 1.37. The highest BCUT2D eigenvalue weighted by Gasteiger charge is 2.13. The number of carbonyl (C=O) groups is 1. The van der Waals surface area contributed by atoms with Crippen LogP contribution in [0.25, 0.3) is 0 Å². The third kappa shape index (κ3) is 3.39. The van der Waals surface area contributed by atoms with E-state index in [9.17, 15) is 4.79 Å². The molecule has 1 N–H and O–H groups in total. The van der Waals surface area contributed by atoms with Crippen LogP contribution in [0, 0.1) is 0 Å². The van der Waals surface area contributed by atoms with Gasteiger partial charge < -0.3 is 14.7 Å². The zero-order valence-corrected chi connectivity index (χ0v) is 7.70. The van der Waals surface area contributed by atoms with E-state index in [-0.39, 0.29) is 5.70 Å². The van der Waals surface area contributed by atoms with Gasteiger partial charge in [0.1, 0.15) is 5.70 Å². The molecule has 0 spiro atoms. The molecule has 1 unspecified atom stereocenters. The van der Waals surface area contributed by atoms with Gasteiger partial charge >= 0.3 is 5.97 Å². The summed E-state index contributed by atoms with van der Waals surface area (Å²) in [6.07, 6.45) is -0.652. The molecule has 0 aliphatic carbocycles. The van der Waals surface area contributed by atoms with Crippen molar-refractivity contribution in [1.82, 2.24) is 4.90 Å². The Hall–Kier alpha value is -1.03. The fraction of sp³-hybridized carbons (Fsp3) is 0.625. The van der Waals surface area contributed by atoms with Crippen LogP contribution in [0.4, 0.5) is 0 Å². The number of esters is 1. The quantitative estimate of drug-likeness (QED) is 0.378. The van der Waals surface area contributed by atoms with Crippen molar-refractivity contribution in [1.29, 1.82) is 0 Å². The SMILES string of the molecule is C=C(C(=O)OC(O)CC)N(C)C. The van der Waals surface area contributed by atoms with E-state index < -0.39 is 12.3 Å². The van der Waals surface area contributed by atoms with Gasteiger partial charge in [-0.05, 0) is 0 Å². The summed E-state index contributed by atoms with van der Waals surface area (Å²) in [6, 6.07) is 0. The van der Waals surface area contributed by atoms with Gasteiger partial charge in [0, 0.05) is 20.5 Å². The molecule has 12 heavy (non-hydrogen) atoms. The number of aliphatic hydroxyl groups excluding tert-OH is 1. The molecule has 0 amide bonds. The van der Waals surface area contributed by atoms with Gasteiger partial charge in [0.2, 0.25) is 6.29 Å². The van der Waals surface area contributed by atoms with Crippen LogP contribution in [-0.4, -0.2) is 36.4 Å². The standard InChI is InChI=1S/C8H15NO3/c1-5-7(10)12-8(11)6(2)9(3)4/h7,10H,2,5H2,1,3-4H3. The largest absolute Gasteiger partial charge is 0.431 e. The summed E-state index contributed by atoms with van der Waals surface area (Å²) < 4.78 is 4.60. The van der Waals surface area contributed by atoms with Crippen LogP contribution in [0.2, 0.25) is 0 Å². The molecule has 0 bridgehead atoms. The average molecular weight is 173 g/mol. The molecule has 0 radical (unpaired) electrons. The average Bonchev–Trinajstić information content (AvgIpc) is 2.02. The first-order valence-corrected chi connectivity index (χ1v) is 3.74. The van der Waals surface area contributed by atoms with E-state index in [1.807, 2.05) is 0 Å². The number of likely N-dealkylation sites (N-methyl/N-ethyl adjacent to an activating group) is 1. The van der Waals surface area contributed by atoms with E-state index in [0.717, 1.165) is 0 Å². The zero-order chi connectivity index (χ0) is 9.72. The highest BCUT2D eigenvalue weighted by atomic mass is 16.6. The Kier molecular flexibility index (Phi) is 4.36. The van der Waals surface area contributed by atoms with E-state index >= 15 is 0 Å². The summed E-state index contributed by atoms with van der Waals surface area (Å²) in [4.78, 5) is 12.6. The number of ether oxygens (including phenoxy) is 1. The first-order chi connectivity index (χ1) is 5.49. The Bertz CT molecular complexity index is 177. The molecule has 0 aliphatic rings. The normalized spacial score (nSPS) is 12.0. The second kappa shape index (κ2) is 4.77. The number of hydrogen-bond acceptors (Lipinski definition) is 4. The first kappa shape index (κ1) is 11.0. The van der Waals surface area contributed by atoms with Crippen molar-refractivity contribution in [3.8, 4) is 0 Å². The smallest absolute Gasteiger partial charge is 0.356 e. The van der Waals surface area contributed by atoms with Crippen LogP contribution in [0.15, 0.2) is 12.3 Å². The Morgan fingerprint density at radius 3 is 2.50 bits per heavy atom. The molecule has 0 saturated heterocycles. The van der Waals surface area contributed by atoms with Gasteiger partial charge in [0.15, 0.2) is 0 Å². The minimum absolute atomic E-state index is 0.225. The number of rotatable bonds is 4. The third-order valence-corrected chi connectivity index (χ3v) is 1.37. The zero-order valence-electron chi connectivity index (χ0n) is 7.70. The number of hydrogen-bond donors (Lipinski definition) is 1. The monoisotopic (exact) mass is 173 g/mol. The molecule has 0 aliphatic heterocycles. The molecule has 4 heteroatoms. The van der Waals surface area contributed by atoms with Crippen molar-refractivity contribution in [2.45, 2.75) is 19.6 Å². The molecule has 70 valence electrons. The Morgan fingerprint density at radius 1 is 1.67 bits per heavy atom. The summed E-state index contributed by atoms with van der Waals surface area (Å²) in [5.41, 5.74) is 0.225. The van der Waals surface area contributed by atoms with Crippen molar-refractivity contribution >= 4 is 5.97 Å². The summed E-state index contributed by atoms with van der Waals surface area (Å²) in [7, 11) is 3.36. The van der Waals surface area contributed by atoms with Crippen LogP contribution < -0.4 is 0 Å². The van der Waals surface area contributed by atoms with E-state index in [0.29, 0.717) is 6.42 Å². The summed E-state index contributed by atoms with van der Waals surface area (Å²) in [5.74, 6) is -0.589. The molecule has 0 heterocycles. The topological polar surface area (TPSA) is 49.8 Å². The van der Waals surface area contributed by atoms with Crippen LogP contribution in [0.1, 0.15) is 13.3 Å². The van der Waals surface area contributed by atoms with E-state index in [4.69, 9.17) is 5.11 Å². The summed E-state index contributed by atoms with van der Waals surface area (Å²) in [6.45, 7) is 5.20. The Morgan fingerprint density at radius 2 is 2.17 bits per heavy atom. The number of carbonyl (C=O) groups excluding carboxylic acids is 1. The highest BCUT2D eigenvalue weighted by Crippen LogP contribution is 2.01. The predicted molar refractivity (Wildman–Crippen MR) is 45.2 cm³/mol. The molecule has 4 nitrogen and oxygen atoms in total. The lowest BCUT2D eigenvalue weighted by molar-refractivity contribution is -0.164. The van der Waals surface area contributed by atoms with E-state index in [2.05, 4.69) is 11.3 Å². The van der Waals surface area contributed by atoms with E-state index in [1.165, 1.54) is 4.90 Å². The maximum absolute atomic E-state index is 11.0. The fourth-order valence-electron chi connectivity index (χ4n) is 0.457. The molecular weight excluding hydrogens is 158 g/mol. The molecule has 0 fully saturated rings. The molecule has 0 aromatic carbocycles. The molecular formula is C8H15NO3. The van der Waals surface area contributed by atoms with E-state index in [1.54, 1.807) is 21.0 Å². The van der Waals surface area contributed by atoms with Crippen molar-refractivity contribution in [2.24, 2.45) is 0 Å². The summed E-state index contributed by atoms with van der Waals surface area (Å²) >= 11 is 0. The molecule has 0 aromatic heterocycles. The summed E-state index contributed by atoms with van der Waals surface area (Å²) in [5, 5.41) is 8.96. The van der Waals surface area contributed by atoms with Gasteiger partial charge in [-0.15, -0.1) is 0 Å². The first-order valence-electron chi connectivity index (χ1n) is 3.74. The predicted octanol–water partition coefficient (Wildman–Crippen LogP) is 0.333. The Balaban J connectivity index is 3.96. The van der Waals surface area contributed by atoms with Crippen molar-refractivity contribution in [3.05, 3.63) is 12.3 Å². The fourth-order valence-corrected chi connectivity index (χ4v) is 0.457. The van der Waals surface area contributed by atoms with Gasteiger partial charge in [-0.2, -0.15) is 0 Å². The van der Waals surface area contributed by atoms with Crippen LogP contribution in [0.3, 0.4) is 0 Å². The van der Waals surface area contributed by atoms with Crippen LogP contribution in [-0.2, 0) is 9.53 Å². The van der Waals surface area contributed by atoms with Crippen LogP contribution >= 0.6 is 0 Å². The highest BCUT2D eigenvalue weighted by molar-refractivity contribution is 5.86. The second-order valence-corrected chi connectivity index (χ2v) is 2.61. The van der Waals surface area contributed by atoms with Gasteiger partial charge in [0.05, 0.1) is 0 Å². The lowest BCUT2D eigenvalue weighted by Gasteiger charge is -2.16. The van der Waals surface area contributed by atoms with Crippen LogP contribution in [0.5, 0.6) is 0 Å². The van der Waals surface area contributed by atoms with Gasteiger partial charge in [-0.25, -0.2) is 4.79 Å². The number of nitrogens with zero attached hydrogens (tertiary/aromatic N) is 1. The minimum Gasteiger partial charge on any atom is -0.431 e. The lowest BCUT2D eigenvalue weighted by Crippen LogP contribution is -2.24. The molecule has 0 rings (SSSR count). The molecule has 0 aromatic rings. The Labute approximate surface area is 72.4 Å².